The van der Waals surface area contributed by atoms with E-state index in [-0.39, 0.29) is 38.5 Å². The Morgan fingerprint density at radius 2 is 1.75 bits per heavy atom. The average molecular weight is 371 g/mol. The van der Waals surface area contributed by atoms with Crippen LogP contribution < -0.4 is 14.8 Å². The number of ether oxygens (including phenoxy) is 2. The standard InChI is InChI=1S/C15H12Cl2N2O5/c1-23-13-7-9(19(21)22)3-4-12(13)18-15(20)8-5-10(16)14(24-2)11(17)6-8/h3-7H,1-2H3,(H,18,20). The van der Waals surface area contributed by atoms with Crippen LogP contribution in [0.25, 0.3) is 0 Å². The zero-order valence-electron chi connectivity index (χ0n) is 12.6. The number of rotatable bonds is 5. The Labute approximate surface area is 147 Å². The van der Waals surface area contributed by atoms with Gasteiger partial charge < -0.3 is 14.8 Å². The first-order valence-corrected chi connectivity index (χ1v) is 7.29. The number of methoxy groups -OCH3 is 2. The summed E-state index contributed by atoms with van der Waals surface area (Å²) in [6.45, 7) is 0. The molecule has 2 rings (SSSR count). The Hall–Kier alpha value is -2.51. The highest BCUT2D eigenvalue weighted by atomic mass is 35.5. The number of benzene rings is 2. The lowest BCUT2D eigenvalue weighted by molar-refractivity contribution is -0.384. The molecule has 0 aliphatic carbocycles. The molecule has 9 heteroatoms. The van der Waals surface area contributed by atoms with Crippen LogP contribution in [0.3, 0.4) is 0 Å². The van der Waals surface area contributed by atoms with E-state index >= 15 is 0 Å². The molecule has 0 aliphatic rings. The molecule has 1 N–H and O–H groups in total. The lowest BCUT2D eigenvalue weighted by Gasteiger charge is -2.11. The van der Waals surface area contributed by atoms with Crippen LogP contribution in [0.2, 0.25) is 10.0 Å². The molecule has 0 atom stereocenters. The van der Waals surface area contributed by atoms with Gasteiger partial charge in [0.1, 0.15) is 5.75 Å². The van der Waals surface area contributed by atoms with Gasteiger partial charge in [0.25, 0.3) is 11.6 Å². The number of nitro benzene ring substituents is 1. The minimum atomic E-state index is -0.558. The molecule has 0 fully saturated rings. The second-order valence-electron chi connectivity index (χ2n) is 4.57. The summed E-state index contributed by atoms with van der Waals surface area (Å²) in [6, 6.07) is 6.65. The summed E-state index contributed by atoms with van der Waals surface area (Å²) in [5.74, 6) is -0.0836. The predicted octanol–water partition coefficient (Wildman–Crippen LogP) is 4.17. The largest absolute Gasteiger partial charge is 0.494 e. The highest BCUT2D eigenvalue weighted by Crippen LogP contribution is 2.34. The first kappa shape index (κ1) is 17.8. The van der Waals surface area contributed by atoms with Crippen molar-refractivity contribution >= 4 is 40.5 Å². The molecular weight excluding hydrogens is 359 g/mol. The SMILES string of the molecule is COc1cc([N+](=O)[O-])ccc1NC(=O)c1cc(Cl)c(OC)c(Cl)c1. The summed E-state index contributed by atoms with van der Waals surface area (Å²) in [6.07, 6.45) is 0. The summed E-state index contributed by atoms with van der Waals surface area (Å²) < 4.78 is 10.1. The Morgan fingerprint density at radius 3 is 2.25 bits per heavy atom. The zero-order valence-corrected chi connectivity index (χ0v) is 14.1. The molecule has 0 aliphatic heterocycles. The third-order valence-electron chi connectivity index (χ3n) is 3.11. The van der Waals surface area contributed by atoms with Gasteiger partial charge in [0.05, 0.1) is 40.9 Å². The number of hydrogen-bond acceptors (Lipinski definition) is 5. The zero-order chi connectivity index (χ0) is 17.9. The molecule has 126 valence electrons. The summed E-state index contributed by atoms with van der Waals surface area (Å²) in [5.41, 5.74) is 0.322. The summed E-state index contributed by atoms with van der Waals surface area (Å²) in [5, 5.41) is 13.7. The van der Waals surface area contributed by atoms with Gasteiger partial charge in [-0.3, -0.25) is 14.9 Å². The monoisotopic (exact) mass is 370 g/mol. The Morgan fingerprint density at radius 1 is 1.12 bits per heavy atom. The van der Waals surface area contributed by atoms with Crippen LogP contribution >= 0.6 is 23.2 Å². The van der Waals surface area contributed by atoms with Crippen LogP contribution in [0.5, 0.6) is 11.5 Å². The highest BCUT2D eigenvalue weighted by Gasteiger charge is 2.17. The van der Waals surface area contributed by atoms with E-state index in [9.17, 15) is 14.9 Å². The predicted molar refractivity (Wildman–Crippen MR) is 90.6 cm³/mol. The number of nitro groups is 1. The molecule has 2 aromatic carbocycles. The van der Waals surface area contributed by atoms with Crippen LogP contribution in [0.4, 0.5) is 11.4 Å². The molecule has 0 spiro atoms. The van der Waals surface area contributed by atoms with Crippen molar-refractivity contribution in [2.75, 3.05) is 19.5 Å². The molecule has 24 heavy (non-hydrogen) atoms. The molecular formula is C15H12Cl2N2O5. The normalized spacial score (nSPS) is 10.2. The van der Waals surface area contributed by atoms with Crippen molar-refractivity contribution < 1.29 is 19.2 Å². The first-order chi connectivity index (χ1) is 11.4. The van der Waals surface area contributed by atoms with Crippen molar-refractivity contribution in [3.05, 3.63) is 56.1 Å². The lowest BCUT2D eigenvalue weighted by atomic mass is 10.2. The van der Waals surface area contributed by atoms with Crippen molar-refractivity contribution in [1.29, 1.82) is 0 Å². The maximum Gasteiger partial charge on any atom is 0.273 e. The summed E-state index contributed by atoms with van der Waals surface area (Å²) in [4.78, 5) is 22.6. The molecule has 0 heterocycles. The number of halogens is 2. The second-order valence-corrected chi connectivity index (χ2v) is 5.38. The molecule has 0 unspecified atom stereocenters. The van der Waals surface area contributed by atoms with Crippen LogP contribution in [0.1, 0.15) is 10.4 Å². The molecule has 0 saturated carbocycles. The minimum absolute atomic E-state index is 0.152. The summed E-state index contributed by atoms with van der Waals surface area (Å²) >= 11 is 12.0. The van der Waals surface area contributed by atoms with Gasteiger partial charge in [-0.2, -0.15) is 0 Å². The quantitative estimate of drug-likeness (QED) is 0.629. The van der Waals surface area contributed by atoms with Crippen molar-refractivity contribution in [2.24, 2.45) is 0 Å². The Kier molecular flexibility index (Phi) is 5.48. The Bertz CT molecular complexity index is 787. The Balaban J connectivity index is 2.31. The minimum Gasteiger partial charge on any atom is -0.494 e. The van der Waals surface area contributed by atoms with E-state index in [1.165, 1.54) is 44.6 Å². The molecule has 0 aromatic heterocycles. The third-order valence-corrected chi connectivity index (χ3v) is 3.67. The molecule has 0 saturated heterocycles. The maximum atomic E-state index is 12.3. The van der Waals surface area contributed by atoms with Gasteiger partial charge in [-0.05, 0) is 18.2 Å². The molecule has 1 amide bonds. The number of carbonyl (C=O) groups is 1. The van der Waals surface area contributed by atoms with Crippen LogP contribution in [-0.2, 0) is 0 Å². The molecule has 0 bridgehead atoms. The smallest absolute Gasteiger partial charge is 0.273 e. The van der Waals surface area contributed by atoms with E-state index in [2.05, 4.69) is 5.32 Å². The van der Waals surface area contributed by atoms with E-state index in [4.69, 9.17) is 32.7 Å². The fourth-order valence-corrected chi connectivity index (χ4v) is 2.62. The summed E-state index contributed by atoms with van der Waals surface area (Å²) in [7, 11) is 2.75. The number of hydrogen-bond donors (Lipinski definition) is 1. The van der Waals surface area contributed by atoms with Crippen LogP contribution in [0, 0.1) is 10.1 Å². The third kappa shape index (κ3) is 3.69. The fourth-order valence-electron chi connectivity index (χ4n) is 1.98. The molecule has 7 nitrogen and oxygen atoms in total. The van der Waals surface area contributed by atoms with Crippen LogP contribution in [0.15, 0.2) is 30.3 Å². The van der Waals surface area contributed by atoms with E-state index < -0.39 is 10.8 Å². The maximum absolute atomic E-state index is 12.3. The average Bonchev–Trinajstić information content (AvgIpc) is 2.54. The molecule has 2 aromatic rings. The van der Waals surface area contributed by atoms with E-state index in [1.807, 2.05) is 0 Å². The first-order valence-electron chi connectivity index (χ1n) is 6.54. The number of nitrogens with zero attached hydrogens (tertiary/aromatic N) is 1. The number of non-ortho nitro benzene ring substituents is 1. The van der Waals surface area contributed by atoms with Crippen molar-refractivity contribution in [2.45, 2.75) is 0 Å². The van der Waals surface area contributed by atoms with Gasteiger partial charge >= 0.3 is 0 Å². The second kappa shape index (κ2) is 7.37. The fraction of sp³-hybridized carbons (Fsp3) is 0.133. The highest BCUT2D eigenvalue weighted by molar-refractivity contribution is 6.37. The van der Waals surface area contributed by atoms with Crippen LogP contribution in [-0.4, -0.2) is 25.1 Å². The van der Waals surface area contributed by atoms with Gasteiger partial charge in [0.15, 0.2) is 5.75 Å². The van der Waals surface area contributed by atoms with E-state index in [0.717, 1.165) is 0 Å². The van der Waals surface area contributed by atoms with E-state index in [0.29, 0.717) is 0 Å². The van der Waals surface area contributed by atoms with Gasteiger partial charge in [0, 0.05) is 11.6 Å². The molecule has 0 radical (unpaired) electrons. The number of nitrogens with one attached hydrogen (secondary N) is 1. The lowest BCUT2D eigenvalue weighted by Crippen LogP contribution is -2.13. The van der Waals surface area contributed by atoms with Gasteiger partial charge in [-0.1, -0.05) is 23.2 Å². The van der Waals surface area contributed by atoms with Gasteiger partial charge in [-0.25, -0.2) is 0 Å². The van der Waals surface area contributed by atoms with Gasteiger partial charge in [-0.15, -0.1) is 0 Å². The van der Waals surface area contributed by atoms with Crippen molar-refractivity contribution in [3.63, 3.8) is 0 Å². The van der Waals surface area contributed by atoms with Gasteiger partial charge in [0.2, 0.25) is 0 Å². The number of amides is 1. The topological polar surface area (TPSA) is 90.7 Å². The van der Waals surface area contributed by atoms with Crippen molar-refractivity contribution in [1.82, 2.24) is 0 Å². The van der Waals surface area contributed by atoms with Crippen molar-refractivity contribution in [3.8, 4) is 11.5 Å². The number of anilines is 1. The van der Waals surface area contributed by atoms with E-state index in [1.54, 1.807) is 0 Å². The number of carbonyl (C=O) groups excluding carboxylic acids is 1.